The van der Waals surface area contributed by atoms with Gasteiger partial charge < -0.3 is 28.5 Å². The van der Waals surface area contributed by atoms with Gasteiger partial charge in [0, 0.05) is 47.3 Å². The number of likely N-dealkylation sites (N-methyl/N-ethyl adjacent to an activating group) is 1. The van der Waals surface area contributed by atoms with E-state index >= 15 is 0 Å². The van der Waals surface area contributed by atoms with Crippen LogP contribution in [-0.4, -0.2) is 86.0 Å². The summed E-state index contributed by atoms with van der Waals surface area (Å²) in [5, 5.41) is 3.95. The van der Waals surface area contributed by atoms with Crippen LogP contribution in [0.2, 0.25) is 0 Å². The second-order valence-corrected chi connectivity index (χ2v) is 8.04. The topological polar surface area (TPSA) is 94.3 Å². The second kappa shape index (κ2) is 9.23. The first-order valence-electron chi connectivity index (χ1n) is 10.0. The molecule has 1 aromatic rings. The van der Waals surface area contributed by atoms with Crippen molar-refractivity contribution in [2.24, 2.45) is 0 Å². The van der Waals surface area contributed by atoms with Crippen molar-refractivity contribution in [3.63, 3.8) is 0 Å². The first-order chi connectivity index (χ1) is 13.8. The fourth-order valence-corrected chi connectivity index (χ4v) is 3.93. The van der Waals surface area contributed by atoms with Crippen molar-refractivity contribution in [2.45, 2.75) is 50.9 Å². The van der Waals surface area contributed by atoms with Gasteiger partial charge in [0.25, 0.3) is 5.91 Å². The molecule has 9 heteroatoms. The lowest BCUT2D eigenvalue weighted by Gasteiger charge is -2.45. The van der Waals surface area contributed by atoms with Gasteiger partial charge in [0.2, 0.25) is 5.91 Å². The number of ether oxygens (including phenoxy) is 3. The lowest BCUT2D eigenvalue weighted by molar-refractivity contribution is -0.160. The standard InChI is InChI=1S/C20H31N3O6/c1-14-16(12-26-4)18(21-29-14)19(25)23-8-6-20(7-9-23)11-15(5-10-28-20)27-13-17(24)22(2)3/h15H,5-13H2,1-4H3. The number of hydrogen-bond donors (Lipinski definition) is 0. The fourth-order valence-electron chi connectivity index (χ4n) is 3.93. The Morgan fingerprint density at radius 2 is 2.03 bits per heavy atom. The molecule has 0 saturated carbocycles. The Kier molecular flexibility index (Phi) is 6.92. The minimum Gasteiger partial charge on any atom is -0.380 e. The highest BCUT2D eigenvalue weighted by Crippen LogP contribution is 2.36. The zero-order valence-corrected chi connectivity index (χ0v) is 17.7. The van der Waals surface area contributed by atoms with Gasteiger partial charge in [-0.15, -0.1) is 0 Å². The molecule has 9 nitrogen and oxygen atoms in total. The number of aryl methyl sites for hydroxylation is 1. The maximum atomic E-state index is 12.9. The average molecular weight is 409 g/mol. The number of methoxy groups -OCH3 is 1. The predicted molar refractivity (Wildman–Crippen MR) is 103 cm³/mol. The molecule has 0 radical (unpaired) electrons. The summed E-state index contributed by atoms with van der Waals surface area (Å²) >= 11 is 0. The van der Waals surface area contributed by atoms with Crippen molar-refractivity contribution in [3.8, 4) is 0 Å². The number of amides is 2. The first kappa shape index (κ1) is 21.7. The lowest BCUT2D eigenvalue weighted by Crippen LogP contribution is -2.52. The maximum absolute atomic E-state index is 12.9. The van der Waals surface area contributed by atoms with E-state index < -0.39 is 0 Å². The van der Waals surface area contributed by atoms with Crippen molar-refractivity contribution < 1.29 is 28.3 Å². The van der Waals surface area contributed by atoms with E-state index in [2.05, 4.69) is 5.16 Å². The minimum atomic E-state index is -0.296. The van der Waals surface area contributed by atoms with Crippen LogP contribution in [-0.2, 0) is 25.6 Å². The number of likely N-dealkylation sites (tertiary alicyclic amines) is 1. The summed E-state index contributed by atoms with van der Waals surface area (Å²) in [5.74, 6) is 0.427. The van der Waals surface area contributed by atoms with Crippen molar-refractivity contribution in [3.05, 3.63) is 17.0 Å². The molecule has 2 amide bonds. The Balaban J connectivity index is 1.56. The number of carbonyl (C=O) groups is 2. The van der Waals surface area contributed by atoms with Gasteiger partial charge in [0.1, 0.15) is 12.4 Å². The number of rotatable bonds is 6. The van der Waals surface area contributed by atoms with E-state index in [9.17, 15) is 9.59 Å². The number of hydrogen-bond acceptors (Lipinski definition) is 7. The van der Waals surface area contributed by atoms with Crippen LogP contribution in [0.25, 0.3) is 0 Å². The highest BCUT2D eigenvalue weighted by molar-refractivity contribution is 5.93. The molecule has 1 spiro atoms. The third-order valence-electron chi connectivity index (χ3n) is 5.83. The van der Waals surface area contributed by atoms with Gasteiger partial charge in [-0.05, 0) is 26.2 Å². The molecule has 1 aromatic heterocycles. The molecule has 2 aliphatic rings. The van der Waals surface area contributed by atoms with Crippen LogP contribution in [0.5, 0.6) is 0 Å². The Labute approximate surface area is 171 Å². The van der Waals surface area contributed by atoms with Gasteiger partial charge in [-0.3, -0.25) is 9.59 Å². The van der Waals surface area contributed by atoms with E-state index in [1.807, 2.05) is 0 Å². The quantitative estimate of drug-likeness (QED) is 0.701. The number of aromatic nitrogens is 1. The van der Waals surface area contributed by atoms with Crippen LogP contribution in [0, 0.1) is 6.92 Å². The fraction of sp³-hybridized carbons (Fsp3) is 0.750. The van der Waals surface area contributed by atoms with E-state index in [1.165, 1.54) is 4.90 Å². The molecular formula is C20H31N3O6. The summed E-state index contributed by atoms with van der Waals surface area (Å²) in [6.07, 6.45) is 2.99. The van der Waals surface area contributed by atoms with Gasteiger partial charge in [-0.1, -0.05) is 5.16 Å². The summed E-state index contributed by atoms with van der Waals surface area (Å²) in [6.45, 7) is 3.94. The Morgan fingerprint density at radius 1 is 1.31 bits per heavy atom. The van der Waals surface area contributed by atoms with Crippen LogP contribution in [0.15, 0.2) is 4.52 Å². The first-order valence-corrected chi connectivity index (χ1v) is 10.0. The van der Waals surface area contributed by atoms with Gasteiger partial charge in [0.05, 0.1) is 23.9 Å². The van der Waals surface area contributed by atoms with Gasteiger partial charge >= 0.3 is 0 Å². The van der Waals surface area contributed by atoms with Crippen molar-refractivity contribution in [1.82, 2.24) is 15.0 Å². The third kappa shape index (κ3) is 4.96. The van der Waals surface area contributed by atoms with Crippen LogP contribution in [0.3, 0.4) is 0 Å². The van der Waals surface area contributed by atoms with Crippen molar-refractivity contribution in [1.29, 1.82) is 0 Å². The van der Waals surface area contributed by atoms with E-state index in [0.717, 1.165) is 25.7 Å². The maximum Gasteiger partial charge on any atom is 0.276 e. The summed E-state index contributed by atoms with van der Waals surface area (Å²) in [7, 11) is 5.02. The number of piperidine rings is 1. The van der Waals surface area contributed by atoms with E-state index in [0.29, 0.717) is 43.3 Å². The molecule has 0 N–H and O–H groups in total. The Morgan fingerprint density at radius 3 is 2.69 bits per heavy atom. The van der Waals surface area contributed by atoms with Crippen molar-refractivity contribution >= 4 is 11.8 Å². The third-order valence-corrected chi connectivity index (χ3v) is 5.83. The largest absolute Gasteiger partial charge is 0.380 e. The highest BCUT2D eigenvalue weighted by atomic mass is 16.5. The van der Waals surface area contributed by atoms with Crippen molar-refractivity contribution in [2.75, 3.05) is 47.5 Å². The molecule has 0 bridgehead atoms. The molecular weight excluding hydrogens is 378 g/mol. The molecule has 2 aliphatic heterocycles. The molecule has 3 heterocycles. The van der Waals surface area contributed by atoms with Crippen LogP contribution in [0.1, 0.15) is 47.5 Å². The summed E-state index contributed by atoms with van der Waals surface area (Å²) in [5.41, 5.74) is 0.731. The highest BCUT2D eigenvalue weighted by Gasteiger charge is 2.42. The predicted octanol–water partition coefficient (Wildman–Crippen LogP) is 1.39. The molecule has 1 unspecified atom stereocenters. The van der Waals surface area contributed by atoms with Crippen LogP contribution < -0.4 is 0 Å². The number of carbonyl (C=O) groups excluding carboxylic acids is 2. The Bertz CT molecular complexity index is 724. The normalized spacial score (nSPS) is 21.4. The molecule has 0 aromatic carbocycles. The van der Waals surface area contributed by atoms with Gasteiger partial charge in [-0.25, -0.2) is 0 Å². The zero-order chi connectivity index (χ0) is 21.0. The Hall–Kier alpha value is -1.97. The van der Waals surface area contributed by atoms with E-state index in [4.69, 9.17) is 18.7 Å². The van der Waals surface area contributed by atoms with Crippen LogP contribution >= 0.6 is 0 Å². The lowest BCUT2D eigenvalue weighted by atomic mass is 9.83. The molecule has 29 heavy (non-hydrogen) atoms. The second-order valence-electron chi connectivity index (χ2n) is 8.04. The molecule has 2 saturated heterocycles. The average Bonchev–Trinajstić information content (AvgIpc) is 3.07. The smallest absolute Gasteiger partial charge is 0.276 e. The summed E-state index contributed by atoms with van der Waals surface area (Å²) in [4.78, 5) is 28.0. The monoisotopic (exact) mass is 409 g/mol. The summed E-state index contributed by atoms with van der Waals surface area (Å²) < 4.78 is 22.3. The molecule has 2 fully saturated rings. The molecule has 162 valence electrons. The number of nitrogens with zero attached hydrogens (tertiary/aromatic N) is 3. The van der Waals surface area contributed by atoms with Crippen LogP contribution in [0.4, 0.5) is 0 Å². The zero-order valence-electron chi connectivity index (χ0n) is 17.7. The van der Waals surface area contributed by atoms with E-state index in [1.54, 1.807) is 33.0 Å². The van der Waals surface area contributed by atoms with E-state index in [-0.39, 0.29) is 30.1 Å². The summed E-state index contributed by atoms with van der Waals surface area (Å²) in [6, 6.07) is 0. The molecule has 3 rings (SSSR count). The minimum absolute atomic E-state index is 0.00129. The molecule has 0 aliphatic carbocycles. The SMILES string of the molecule is COCc1c(C(=O)N2CCC3(CC2)CC(OCC(=O)N(C)C)CCO3)noc1C. The van der Waals surface area contributed by atoms with Gasteiger partial charge in [0.15, 0.2) is 5.69 Å². The van der Waals surface area contributed by atoms with Gasteiger partial charge in [-0.2, -0.15) is 0 Å². The molecule has 1 atom stereocenters.